The van der Waals surface area contributed by atoms with Gasteiger partial charge in [0, 0.05) is 48.7 Å². The van der Waals surface area contributed by atoms with E-state index in [1.54, 1.807) is 11.8 Å². The summed E-state index contributed by atoms with van der Waals surface area (Å²) in [6.07, 6.45) is 6.21. The average Bonchev–Trinajstić information content (AvgIpc) is 2.76. The quantitative estimate of drug-likeness (QED) is 0.467. The number of rotatable bonds is 8. The Bertz CT molecular complexity index is 793. The summed E-state index contributed by atoms with van der Waals surface area (Å²) in [5, 5.41) is 8.12. The zero-order valence-corrected chi connectivity index (χ0v) is 19.4. The standard InChI is InChI=1S/C23H32ClN5S/c1-3-25-23(27-16-22(30-2)18-7-6-8-19(24)15-18)28-20-10-13-29(14-11-20)17-21-9-4-5-12-26-21/h4-9,12,15,20,22H,3,10-11,13-14,16-17H2,1-2H3,(H2,25,27,28). The van der Waals surface area contributed by atoms with Gasteiger partial charge in [-0.2, -0.15) is 11.8 Å². The van der Waals surface area contributed by atoms with Crippen molar-refractivity contribution in [2.24, 2.45) is 4.99 Å². The van der Waals surface area contributed by atoms with Crippen LogP contribution in [0.2, 0.25) is 5.02 Å². The fraction of sp³-hybridized carbons (Fsp3) is 0.478. The third-order valence-electron chi connectivity index (χ3n) is 5.30. The van der Waals surface area contributed by atoms with Crippen molar-refractivity contribution in [3.63, 3.8) is 0 Å². The average molecular weight is 446 g/mol. The lowest BCUT2D eigenvalue weighted by Gasteiger charge is -2.33. The maximum atomic E-state index is 6.17. The highest BCUT2D eigenvalue weighted by molar-refractivity contribution is 7.98. The molecule has 1 aliphatic heterocycles. The predicted molar refractivity (Wildman–Crippen MR) is 129 cm³/mol. The number of nitrogens with zero attached hydrogens (tertiary/aromatic N) is 3. The number of guanidine groups is 1. The van der Waals surface area contributed by atoms with Crippen LogP contribution in [0.1, 0.15) is 36.3 Å². The Labute approximate surface area is 189 Å². The lowest BCUT2D eigenvalue weighted by Crippen LogP contribution is -2.48. The highest BCUT2D eigenvalue weighted by Gasteiger charge is 2.20. The van der Waals surface area contributed by atoms with E-state index in [1.165, 1.54) is 5.56 Å². The number of hydrogen-bond donors (Lipinski definition) is 2. The molecule has 5 nitrogen and oxygen atoms in total. The number of aromatic nitrogens is 1. The molecule has 7 heteroatoms. The van der Waals surface area contributed by atoms with Gasteiger partial charge >= 0.3 is 0 Å². The van der Waals surface area contributed by atoms with Crippen molar-refractivity contribution in [2.75, 3.05) is 32.4 Å². The molecule has 0 saturated carbocycles. The molecule has 2 heterocycles. The van der Waals surface area contributed by atoms with Crippen LogP contribution in [0.25, 0.3) is 0 Å². The molecule has 1 aliphatic rings. The van der Waals surface area contributed by atoms with Gasteiger partial charge in [-0.1, -0.05) is 29.8 Å². The van der Waals surface area contributed by atoms with Gasteiger partial charge in [-0.25, -0.2) is 0 Å². The number of piperidine rings is 1. The fourth-order valence-electron chi connectivity index (χ4n) is 3.67. The molecule has 2 aromatic rings. The van der Waals surface area contributed by atoms with Crippen LogP contribution >= 0.6 is 23.4 Å². The number of pyridine rings is 1. The molecular weight excluding hydrogens is 414 g/mol. The fourth-order valence-corrected chi connectivity index (χ4v) is 4.51. The van der Waals surface area contributed by atoms with Gasteiger partial charge in [-0.3, -0.25) is 14.9 Å². The van der Waals surface area contributed by atoms with Gasteiger partial charge in [0.25, 0.3) is 0 Å². The smallest absolute Gasteiger partial charge is 0.191 e. The van der Waals surface area contributed by atoms with Crippen LogP contribution in [-0.2, 0) is 6.54 Å². The van der Waals surface area contributed by atoms with Gasteiger partial charge in [-0.05, 0) is 55.9 Å². The second kappa shape index (κ2) is 12.2. The minimum atomic E-state index is 0.291. The molecule has 1 fully saturated rings. The van der Waals surface area contributed by atoms with Crippen molar-refractivity contribution in [2.45, 2.75) is 37.6 Å². The van der Waals surface area contributed by atoms with Gasteiger partial charge in [0.05, 0.1) is 12.2 Å². The molecule has 30 heavy (non-hydrogen) atoms. The molecule has 1 unspecified atom stereocenters. The largest absolute Gasteiger partial charge is 0.357 e. The molecule has 3 rings (SSSR count). The molecule has 2 N–H and O–H groups in total. The summed E-state index contributed by atoms with van der Waals surface area (Å²) in [4.78, 5) is 11.8. The van der Waals surface area contributed by atoms with E-state index in [0.717, 1.165) is 62.2 Å². The molecule has 1 aromatic heterocycles. The lowest BCUT2D eigenvalue weighted by atomic mass is 10.0. The van der Waals surface area contributed by atoms with Crippen molar-refractivity contribution in [1.29, 1.82) is 0 Å². The third-order valence-corrected chi connectivity index (χ3v) is 6.53. The molecule has 0 spiro atoms. The highest BCUT2D eigenvalue weighted by Crippen LogP contribution is 2.28. The predicted octanol–water partition coefficient (Wildman–Crippen LogP) is 4.36. The minimum absolute atomic E-state index is 0.291. The zero-order valence-electron chi connectivity index (χ0n) is 17.9. The number of nitrogens with one attached hydrogen (secondary N) is 2. The lowest BCUT2D eigenvalue weighted by molar-refractivity contribution is 0.196. The van der Waals surface area contributed by atoms with Crippen LogP contribution in [0.4, 0.5) is 0 Å². The minimum Gasteiger partial charge on any atom is -0.357 e. The number of halogens is 1. The molecular formula is C23H32ClN5S. The van der Waals surface area contributed by atoms with Gasteiger partial charge in [0.1, 0.15) is 0 Å². The summed E-state index contributed by atoms with van der Waals surface area (Å²) in [5.41, 5.74) is 2.36. The van der Waals surface area contributed by atoms with E-state index in [4.69, 9.17) is 16.6 Å². The second-order valence-electron chi connectivity index (χ2n) is 7.51. The highest BCUT2D eigenvalue weighted by atomic mass is 35.5. The summed E-state index contributed by atoms with van der Waals surface area (Å²) < 4.78 is 0. The SMILES string of the molecule is CCNC(=NCC(SC)c1cccc(Cl)c1)NC1CCN(Cc2ccccn2)CC1. The number of aliphatic imine (C=N–C) groups is 1. The molecule has 1 atom stereocenters. The Hall–Kier alpha value is -1.76. The number of benzene rings is 1. The summed E-state index contributed by atoms with van der Waals surface area (Å²) in [5.74, 6) is 0.904. The van der Waals surface area contributed by atoms with Gasteiger partial charge < -0.3 is 10.6 Å². The first kappa shape index (κ1) is 22.9. The van der Waals surface area contributed by atoms with Crippen molar-refractivity contribution < 1.29 is 0 Å². The Morgan fingerprint density at radius 3 is 2.77 bits per heavy atom. The van der Waals surface area contributed by atoms with Crippen molar-refractivity contribution in [3.05, 3.63) is 64.9 Å². The van der Waals surface area contributed by atoms with E-state index in [1.807, 2.05) is 30.5 Å². The topological polar surface area (TPSA) is 52.6 Å². The van der Waals surface area contributed by atoms with E-state index in [-0.39, 0.29) is 0 Å². The van der Waals surface area contributed by atoms with E-state index in [9.17, 15) is 0 Å². The van der Waals surface area contributed by atoms with Crippen LogP contribution in [-0.4, -0.2) is 54.3 Å². The summed E-state index contributed by atoms with van der Waals surface area (Å²) in [6.45, 7) is 6.75. The van der Waals surface area contributed by atoms with E-state index in [2.05, 4.69) is 51.9 Å². The molecule has 162 valence electrons. The Morgan fingerprint density at radius 1 is 1.27 bits per heavy atom. The summed E-state index contributed by atoms with van der Waals surface area (Å²) >= 11 is 7.98. The first-order chi connectivity index (χ1) is 14.7. The van der Waals surface area contributed by atoms with Crippen LogP contribution in [0.5, 0.6) is 0 Å². The van der Waals surface area contributed by atoms with Crippen molar-refractivity contribution in [1.82, 2.24) is 20.5 Å². The number of hydrogen-bond acceptors (Lipinski definition) is 4. The van der Waals surface area contributed by atoms with Crippen LogP contribution in [0, 0.1) is 0 Å². The van der Waals surface area contributed by atoms with Gasteiger partial charge in [-0.15, -0.1) is 0 Å². The van der Waals surface area contributed by atoms with Crippen molar-refractivity contribution >= 4 is 29.3 Å². The number of thioether (sulfide) groups is 1. The maximum absolute atomic E-state index is 6.17. The molecule has 0 aliphatic carbocycles. The molecule has 0 radical (unpaired) electrons. The molecule has 0 amide bonds. The molecule has 1 aromatic carbocycles. The van der Waals surface area contributed by atoms with Gasteiger partial charge in [0.2, 0.25) is 0 Å². The Kier molecular flexibility index (Phi) is 9.30. The van der Waals surface area contributed by atoms with Crippen LogP contribution < -0.4 is 10.6 Å². The Balaban J connectivity index is 1.52. The van der Waals surface area contributed by atoms with Crippen LogP contribution in [0.15, 0.2) is 53.7 Å². The molecule has 0 bridgehead atoms. The zero-order chi connectivity index (χ0) is 21.2. The first-order valence-electron chi connectivity index (χ1n) is 10.6. The van der Waals surface area contributed by atoms with E-state index >= 15 is 0 Å². The number of likely N-dealkylation sites (tertiary alicyclic amines) is 1. The monoisotopic (exact) mass is 445 g/mol. The maximum Gasteiger partial charge on any atom is 0.191 e. The second-order valence-corrected chi connectivity index (χ2v) is 8.99. The van der Waals surface area contributed by atoms with E-state index in [0.29, 0.717) is 11.3 Å². The Morgan fingerprint density at radius 2 is 2.10 bits per heavy atom. The summed E-state index contributed by atoms with van der Waals surface area (Å²) in [7, 11) is 0. The third kappa shape index (κ3) is 7.18. The van der Waals surface area contributed by atoms with Gasteiger partial charge in [0.15, 0.2) is 5.96 Å². The normalized spacial score (nSPS) is 17.0. The first-order valence-corrected chi connectivity index (χ1v) is 12.3. The van der Waals surface area contributed by atoms with Crippen molar-refractivity contribution in [3.8, 4) is 0 Å². The van der Waals surface area contributed by atoms with E-state index < -0.39 is 0 Å². The molecule has 1 saturated heterocycles. The summed E-state index contributed by atoms with van der Waals surface area (Å²) in [6, 6.07) is 14.7. The van der Waals surface area contributed by atoms with Crippen LogP contribution in [0.3, 0.4) is 0 Å².